The van der Waals surface area contributed by atoms with Crippen molar-refractivity contribution in [3.63, 3.8) is 0 Å². The van der Waals surface area contributed by atoms with Crippen LogP contribution in [0.1, 0.15) is 18.9 Å². The predicted molar refractivity (Wildman–Crippen MR) is 104 cm³/mol. The van der Waals surface area contributed by atoms with Gasteiger partial charge in [0.15, 0.2) is 0 Å². The number of carbonyl (C=O) groups excluding carboxylic acids is 2. The summed E-state index contributed by atoms with van der Waals surface area (Å²) < 4.78 is 10.5. The topological polar surface area (TPSA) is 59.1 Å². The lowest BCUT2D eigenvalue weighted by Gasteiger charge is -2.35. The molecule has 0 aliphatic carbocycles. The van der Waals surface area contributed by atoms with Crippen LogP contribution < -0.4 is 0 Å². The molecule has 1 aromatic carbocycles. The number of amides is 1. The van der Waals surface area contributed by atoms with Crippen molar-refractivity contribution in [2.24, 2.45) is 11.3 Å². The van der Waals surface area contributed by atoms with E-state index in [1.54, 1.807) is 6.08 Å². The molecule has 1 heterocycles. The molecule has 27 heavy (non-hydrogen) atoms. The molecule has 1 amide bonds. The van der Waals surface area contributed by atoms with Gasteiger partial charge < -0.3 is 14.4 Å². The van der Waals surface area contributed by atoms with Crippen LogP contribution in [0.5, 0.6) is 0 Å². The van der Waals surface area contributed by atoms with Crippen molar-refractivity contribution < 1.29 is 19.1 Å². The van der Waals surface area contributed by atoms with Crippen molar-refractivity contribution in [3.8, 4) is 0 Å². The number of allylic oxidation sites excluding steroid dienone is 1. The third kappa shape index (κ3) is 4.69. The van der Waals surface area contributed by atoms with Crippen LogP contribution in [0.4, 0.5) is 4.79 Å². The maximum absolute atomic E-state index is 12.8. The highest BCUT2D eigenvalue weighted by Gasteiger charge is 2.56. The number of ether oxygens (including phenoxy) is 2. The molecule has 1 aliphatic heterocycles. The first-order valence-corrected chi connectivity index (χ1v) is 9.14. The molecule has 6 nitrogen and oxygen atoms in total. The van der Waals surface area contributed by atoms with Crippen molar-refractivity contribution in [1.29, 1.82) is 0 Å². The molecule has 1 aliphatic rings. The van der Waals surface area contributed by atoms with Gasteiger partial charge in [-0.1, -0.05) is 43.3 Å². The lowest BCUT2D eigenvalue weighted by atomic mass is 9.72. The Morgan fingerprint density at radius 3 is 2.56 bits per heavy atom. The van der Waals surface area contributed by atoms with Crippen molar-refractivity contribution in [1.82, 2.24) is 9.80 Å². The van der Waals surface area contributed by atoms with E-state index < -0.39 is 23.5 Å². The first kappa shape index (κ1) is 21.0. The van der Waals surface area contributed by atoms with Gasteiger partial charge >= 0.3 is 12.1 Å². The first-order chi connectivity index (χ1) is 12.8. The number of carbonyl (C=O) groups is 2. The van der Waals surface area contributed by atoms with Crippen LogP contribution in [0.25, 0.3) is 0 Å². The van der Waals surface area contributed by atoms with Crippen LogP contribution in [0.15, 0.2) is 43.0 Å². The monoisotopic (exact) mass is 374 g/mol. The van der Waals surface area contributed by atoms with Crippen LogP contribution in [0, 0.1) is 11.3 Å². The molecule has 0 aromatic heterocycles. The SMILES string of the molecule is C=CC[C@]1(C)[C@@H](CN(C)C)CN(C(=O)OCc2ccccc2)[C@@H]1C(=O)OC. The highest BCUT2D eigenvalue weighted by Crippen LogP contribution is 2.45. The van der Waals surface area contributed by atoms with Gasteiger partial charge in [0.2, 0.25) is 0 Å². The zero-order valence-electron chi connectivity index (χ0n) is 16.7. The molecule has 1 saturated heterocycles. The number of benzene rings is 1. The molecular formula is C21H30N2O4. The Hall–Kier alpha value is -2.34. The minimum Gasteiger partial charge on any atom is -0.467 e. The second-order valence-electron chi connectivity index (χ2n) is 7.58. The summed E-state index contributed by atoms with van der Waals surface area (Å²) in [5.41, 5.74) is 0.434. The van der Waals surface area contributed by atoms with E-state index in [4.69, 9.17) is 9.47 Å². The van der Waals surface area contributed by atoms with Gasteiger partial charge in [0, 0.05) is 18.5 Å². The molecule has 0 radical (unpaired) electrons. The third-order valence-corrected chi connectivity index (χ3v) is 5.32. The molecule has 148 valence electrons. The third-order valence-electron chi connectivity index (χ3n) is 5.32. The van der Waals surface area contributed by atoms with E-state index in [2.05, 4.69) is 11.5 Å². The fraction of sp³-hybridized carbons (Fsp3) is 0.524. The van der Waals surface area contributed by atoms with E-state index in [0.717, 1.165) is 12.1 Å². The Labute approximate surface area is 161 Å². The number of rotatable bonds is 7. The molecule has 3 atom stereocenters. The maximum Gasteiger partial charge on any atom is 0.410 e. The normalized spacial score (nSPS) is 24.7. The fourth-order valence-corrected chi connectivity index (χ4v) is 3.92. The molecule has 0 bridgehead atoms. The first-order valence-electron chi connectivity index (χ1n) is 9.14. The van der Waals surface area contributed by atoms with E-state index in [-0.39, 0.29) is 12.5 Å². The van der Waals surface area contributed by atoms with E-state index in [9.17, 15) is 9.59 Å². The quantitative estimate of drug-likeness (QED) is 0.542. The Morgan fingerprint density at radius 1 is 1.33 bits per heavy atom. The van der Waals surface area contributed by atoms with Gasteiger partial charge in [-0.3, -0.25) is 4.90 Å². The number of nitrogens with zero attached hydrogens (tertiary/aromatic N) is 2. The van der Waals surface area contributed by atoms with Gasteiger partial charge in [-0.25, -0.2) is 9.59 Å². The van der Waals surface area contributed by atoms with Crippen LogP contribution in [0.2, 0.25) is 0 Å². The summed E-state index contributed by atoms with van der Waals surface area (Å²) in [5, 5.41) is 0. The summed E-state index contributed by atoms with van der Waals surface area (Å²) >= 11 is 0. The fourth-order valence-electron chi connectivity index (χ4n) is 3.92. The second-order valence-corrected chi connectivity index (χ2v) is 7.58. The van der Waals surface area contributed by atoms with Crippen LogP contribution >= 0.6 is 0 Å². The zero-order chi connectivity index (χ0) is 20.0. The van der Waals surface area contributed by atoms with Gasteiger partial charge in [-0.2, -0.15) is 0 Å². The molecule has 0 spiro atoms. The lowest BCUT2D eigenvalue weighted by molar-refractivity contribution is -0.149. The summed E-state index contributed by atoms with van der Waals surface area (Å²) in [5.74, 6) is -0.323. The number of esters is 1. The highest BCUT2D eigenvalue weighted by molar-refractivity contribution is 5.83. The number of hydrogen-bond acceptors (Lipinski definition) is 5. The number of methoxy groups -OCH3 is 1. The predicted octanol–water partition coefficient (Wildman–Crippen LogP) is 2.94. The summed E-state index contributed by atoms with van der Waals surface area (Å²) in [7, 11) is 5.32. The summed E-state index contributed by atoms with van der Waals surface area (Å²) in [6.07, 6.45) is 1.91. The van der Waals surface area contributed by atoms with Crippen LogP contribution in [-0.4, -0.2) is 62.2 Å². The van der Waals surface area contributed by atoms with Gasteiger partial charge in [-0.05, 0) is 32.0 Å². The average molecular weight is 374 g/mol. The van der Waals surface area contributed by atoms with E-state index in [1.165, 1.54) is 12.0 Å². The molecule has 0 saturated carbocycles. The molecule has 0 unspecified atom stereocenters. The Kier molecular flexibility index (Phi) is 7.02. The summed E-state index contributed by atoms with van der Waals surface area (Å²) in [6, 6.07) is 8.78. The lowest BCUT2D eigenvalue weighted by Crippen LogP contribution is -2.48. The minimum atomic E-state index is -0.700. The summed E-state index contributed by atoms with van der Waals surface area (Å²) in [4.78, 5) is 29.0. The van der Waals surface area contributed by atoms with E-state index in [1.807, 2.05) is 51.4 Å². The van der Waals surface area contributed by atoms with Crippen LogP contribution in [0.3, 0.4) is 0 Å². The molecule has 2 rings (SSSR count). The standard InChI is InChI=1S/C21H30N2O4/c1-6-12-21(2)17(13-22(3)4)14-23(18(21)19(24)26-5)20(25)27-15-16-10-8-7-9-11-16/h6-11,17-18H,1,12-15H2,2-5H3/t17-,18+,21+/m0/s1. The highest BCUT2D eigenvalue weighted by atomic mass is 16.6. The Morgan fingerprint density at radius 2 is 2.00 bits per heavy atom. The molecule has 1 aromatic rings. The number of likely N-dealkylation sites (tertiary alicyclic amines) is 1. The second kappa shape index (κ2) is 9.04. The largest absolute Gasteiger partial charge is 0.467 e. The van der Waals surface area contributed by atoms with Gasteiger partial charge in [0.1, 0.15) is 12.6 Å². The van der Waals surface area contributed by atoms with Gasteiger partial charge in [0.05, 0.1) is 7.11 Å². The molecule has 6 heteroatoms. The average Bonchev–Trinajstić information content (AvgIpc) is 2.92. The van der Waals surface area contributed by atoms with Crippen LogP contribution in [-0.2, 0) is 20.9 Å². The Balaban J connectivity index is 2.24. The minimum absolute atomic E-state index is 0.0962. The zero-order valence-corrected chi connectivity index (χ0v) is 16.7. The Bertz CT molecular complexity index is 661. The molecular weight excluding hydrogens is 344 g/mol. The van der Waals surface area contributed by atoms with Crippen molar-refractivity contribution >= 4 is 12.1 Å². The summed E-state index contributed by atoms with van der Waals surface area (Å²) in [6.45, 7) is 7.23. The number of hydrogen-bond donors (Lipinski definition) is 0. The van der Waals surface area contributed by atoms with Crippen molar-refractivity contribution in [3.05, 3.63) is 48.6 Å². The van der Waals surface area contributed by atoms with Gasteiger partial charge in [-0.15, -0.1) is 6.58 Å². The maximum atomic E-state index is 12.8. The van der Waals surface area contributed by atoms with Crippen molar-refractivity contribution in [2.75, 3.05) is 34.3 Å². The van der Waals surface area contributed by atoms with Gasteiger partial charge in [0.25, 0.3) is 0 Å². The van der Waals surface area contributed by atoms with E-state index in [0.29, 0.717) is 13.0 Å². The molecule has 1 fully saturated rings. The van der Waals surface area contributed by atoms with E-state index >= 15 is 0 Å². The van der Waals surface area contributed by atoms with Crippen molar-refractivity contribution in [2.45, 2.75) is 26.0 Å². The molecule has 0 N–H and O–H groups in total. The smallest absolute Gasteiger partial charge is 0.410 e.